The zero-order valence-electron chi connectivity index (χ0n) is 12.6. The lowest BCUT2D eigenvalue weighted by Gasteiger charge is -2.34. The molecule has 1 aliphatic heterocycles. The van der Waals surface area contributed by atoms with Crippen molar-refractivity contribution in [3.05, 3.63) is 40.4 Å². The van der Waals surface area contributed by atoms with Crippen molar-refractivity contribution in [2.75, 3.05) is 38.5 Å². The first-order chi connectivity index (χ1) is 10.5. The van der Waals surface area contributed by atoms with Crippen molar-refractivity contribution in [3.63, 3.8) is 0 Å². The highest BCUT2D eigenvalue weighted by atomic mass is 35.5. The van der Waals surface area contributed by atoms with Crippen molar-refractivity contribution in [1.82, 2.24) is 9.80 Å². The summed E-state index contributed by atoms with van der Waals surface area (Å²) >= 11 is 13.7. The van der Waals surface area contributed by atoms with Crippen molar-refractivity contribution in [3.8, 4) is 0 Å². The Labute approximate surface area is 146 Å². The number of carbonyl (C=O) groups is 1. The fraction of sp³-hybridized carbons (Fsp3) is 0.438. The second-order valence-electron chi connectivity index (χ2n) is 5.29. The Morgan fingerprint density at radius 3 is 2.59 bits per heavy atom. The molecule has 1 aliphatic rings. The highest BCUT2D eigenvalue weighted by Gasteiger charge is 2.20. The molecule has 0 bridgehead atoms. The zero-order valence-corrected chi connectivity index (χ0v) is 15.0. The molecule has 1 saturated heterocycles. The van der Waals surface area contributed by atoms with E-state index in [0.717, 1.165) is 43.2 Å². The summed E-state index contributed by atoms with van der Waals surface area (Å²) in [6.07, 6.45) is 1.90. The van der Waals surface area contributed by atoms with Gasteiger partial charge >= 0.3 is 0 Å². The van der Waals surface area contributed by atoms with Crippen LogP contribution in [-0.4, -0.2) is 54.2 Å². The molecule has 1 aromatic carbocycles. The second kappa shape index (κ2) is 8.25. The number of nitrogens with zero attached hydrogens (tertiary/aromatic N) is 2. The third kappa shape index (κ3) is 4.66. The maximum absolute atomic E-state index is 12.3. The molecule has 2 rings (SSSR count). The van der Waals surface area contributed by atoms with Crippen molar-refractivity contribution in [2.45, 2.75) is 11.8 Å². The van der Waals surface area contributed by atoms with Crippen LogP contribution in [0.25, 0.3) is 0 Å². The molecule has 0 aliphatic carbocycles. The maximum atomic E-state index is 12.3. The summed E-state index contributed by atoms with van der Waals surface area (Å²) in [5.41, 5.74) is 0.971. The van der Waals surface area contributed by atoms with Crippen LogP contribution in [0.5, 0.6) is 0 Å². The van der Waals surface area contributed by atoms with Crippen LogP contribution < -0.4 is 0 Å². The number of benzene rings is 1. The van der Waals surface area contributed by atoms with Gasteiger partial charge in [-0.2, -0.15) is 0 Å². The molecular weight excluding hydrogens is 339 g/mol. The molecule has 1 amide bonds. The summed E-state index contributed by atoms with van der Waals surface area (Å²) in [4.78, 5) is 17.4. The number of rotatable bonds is 5. The van der Waals surface area contributed by atoms with Crippen molar-refractivity contribution < 1.29 is 4.79 Å². The number of amides is 1. The summed E-state index contributed by atoms with van der Waals surface area (Å²) in [6, 6.07) is 3.67. The van der Waals surface area contributed by atoms with Gasteiger partial charge in [-0.1, -0.05) is 29.3 Å². The smallest absolute Gasteiger partial charge is 0.233 e. The van der Waals surface area contributed by atoms with Gasteiger partial charge in [-0.05, 0) is 24.6 Å². The van der Waals surface area contributed by atoms with Crippen molar-refractivity contribution in [1.29, 1.82) is 0 Å². The van der Waals surface area contributed by atoms with E-state index in [2.05, 4.69) is 11.5 Å². The van der Waals surface area contributed by atoms with Crippen LogP contribution in [0.4, 0.5) is 0 Å². The average molecular weight is 359 g/mol. The fourth-order valence-corrected chi connectivity index (χ4v) is 3.80. The quantitative estimate of drug-likeness (QED) is 0.591. The molecule has 1 aromatic rings. The van der Waals surface area contributed by atoms with Crippen molar-refractivity contribution >= 4 is 40.9 Å². The van der Waals surface area contributed by atoms with Gasteiger partial charge < -0.3 is 4.90 Å². The Morgan fingerprint density at radius 2 is 1.95 bits per heavy atom. The number of hydrogen-bond donors (Lipinski definition) is 0. The molecule has 0 radical (unpaired) electrons. The number of piperazine rings is 1. The van der Waals surface area contributed by atoms with Gasteiger partial charge in [0.25, 0.3) is 0 Å². The van der Waals surface area contributed by atoms with Gasteiger partial charge in [-0.3, -0.25) is 9.69 Å². The summed E-state index contributed by atoms with van der Waals surface area (Å²) in [5.74, 6) is 0.564. The Morgan fingerprint density at radius 1 is 1.27 bits per heavy atom. The number of carbonyl (C=O) groups excluding carboxylic acids is 1. The molecule has 1 heterocycles. The lowest BCUT2D eigenvalue weighted by Crippen LogP contribution is -2.49. The molecule has 22 heavy (non-hydrogen) atoms. The Hall–Kier alpha value is -0.680. The van der Waals surface area contributed by atoms with Gasteiger partial charge in [0.1, 0.15) is 0 Å². The Bertz CT molecular complexity index is 557. The van der Waals surface area contributed by atoms with E-state index >= 15 is 0 Å². The topological polar surface area (TPSA) is 23.6 Å². The minimum atomic E-state index is 0.159. The number of halogens is 2. The number of thioether (sulfide) groups is 1. The van der Waals surface area contributed by atoms with Crippen LogP contribution in [0.15, 0.2) is 29.7 Å². The fourth-order valence-electron chi connectivity index (χ4n) is 2.33. The summed E-state index contributed by atoms with van der Waals surface area (Å²) in [6.45, 7) is 9.93. The van der Waals surface area contributed by atoms with Gasteiger partial charge in [0.05, 0.1) is 10.8 Å². The van der Waals surface area contributed by atoms with Crippen LogP contribution in [0.3, 0.4) is 0 Å². The number of hydrogen-bond acceptors (Lipinski definition) is 3. The highest BCUT2D eigenvalue weighted by Crippen LogP contribution is 2.32. The van der Waals surface area contributed by atoms with E-state index in [9.17, 15) is 4.79 Å². The minimum absolute atomic E-state index is 0.159. The maximum Gasteiger partial charge on any atom is 0.233 e. The summed E-state index contributed by atoms with van der Waals surface area (Å²) in [5, 5.41) is 1.25. The second-order valence-corrected chi connectivity index (χ2v) is 7.12. The first-order valence-electron chi connectivity index (χ1n) is 7.20. The SMILES string of the molecule is C=CCN1CCN(C(=O)CSc2cc(C)c(Cl)cc2Cl)CC1. The monoisotopic (exact) mass is 358 g/mol. The molecule has 0 saturated carbocycles. The molecular formula is C16H20Cl2N2OS. The highest BCUT2D eigenvalue weighted by molar-refractivity contribution is 8.00. The Kier molecular flexibility index (Phi) is 6.63. The normalized spacial score (nSPS) is 15.9. The molecule has 6 heteroatoms. The van der Waals surface area contributed by atoms with Gasteiger partial charge in [0.15, 0.2) is 0 Å². The average Bonchev–Trinajstić information content (AvgIpc) is 2.50. The Balaban J connectivity index is 1.86. The lowest BCUT2D eigenvalue weighted by atomic mass is 10.2. The van der Waals surface area contributed by atoms with E-state index in [1.165, 1.54) is 11.8 Å². The molecule has 0 unspecified atom stereocenters. The first kappa shape index (κ1) is 17.7. The van der Waals surface area contributed by atoms with E-state index in [1.54, 1.807) is 6.07 Å². The third-order valence-corrected chi connectivity index (χ3v) is 5.55. The third-order valence-electron chi connectivity index (χ3n) is 3.68. The molecule has 0 aromatic heterocycles. The van der Waals surface area contributed by atoms with Gasteiger partial charge in [-0.25, -0.2) is 0 Å². The van der Waals surface area contributed by atoms with Crippen LogP contribution >= 0.6 is 35.0 Å². The van der Waals surface area contributed by atoms with Gasteiger partial charge in [0, 0.05) is 42.6 Å². The predicted molar refractivity (Wildman–Crippen MR) is 95.1 cm³/mol. The van der Waals surface area contributed by atoms with Crippen molar-refractivity contribution in [2.24, 2.45) is 0 Å². The summed E-state index contributed by atoms with van der Waals surface area (Å²) in [7, 11) is 0. The van der Waals surface area contributed by atoms with E-state index in [4.69, 9.17) is 23.2 Å². The van der Waals surface area contributed by atoms with Gasteiger partial charge in [-0.15, -0.1) is 18.3 Å². The molecule has 3 nitrogen and oxygen atoms in total. The molecule has 0 atom stereocenters. The van der Waals surface area contributed by atoms with Crippen LogP contribution in [0, 0.1) is 6.92 Å². The molecule has 1 fully saturated rings. The number of aryl methyl sites for hydroxylation is 1. The van der Waals surface area contributed by atoms with Crippen LogP contribution in [-0.2, 0) is 4.79 Å². The van der Waals surface area contributed by atoms with E-state index < -0.39 is 0 Å². The van der Waals surface area contributed by atoms with E-state index in [1.807, 2.05) is 24.0 Å². The lowest BCUT2D eigenvalue weighted by molar-refractivity contribution is -0.129. The molecule has 0 spiro atoms. The summed E-state index contributed by atoms with van der Waals surface area (Å²) < 4.78 is 0. The van der Waals surface area contributed by atoms with E-state index in [0.29, 0.717) is 15.8 Å². The molecule has 120 valence electrons. The largest absolute Gasteiger partial charge is 0.339 e. The van der Waals surface area contributed by atoms with Crippen LogP contribution in [0.2, 0.25) is 10.0 Å². The first-order valence-corrected chi connectivity index (χ1v) is 8.95. The standard InChI is InChI=1S/C16H20Cl2N2OS/c1-3-4-19-5-7-20(8-6-19)16(21)11-22-15-9-12(2)13(17)10-14(15)18/h3,9-10H,1,4-8,11H2,2H3. The predicted octanol–water partition coefficient (Wildman–Crippen LogP) is 3.72. The molecule has 0 N–H and O–H groups in total. The minimum Gasteiger partial charge on any atom is -0.339 e. The van der Waals surface area contributed by atoms with Crippen LogP contribution in [0.1, 0.15) is 5.56 Å². The zero-order chi connectivity index (χ0) is 16.1. The van der Waals surface area contributed by atoms with Gasteiger partial charge in [0.2, 0.25) is 5.91 Å². The van der Waals surface area contributed by atoms with E-state index in [-0.39, 0.29) is 5.91 Å².